The average Bonchev–Trinajstić information content (AvgIpc) is 3.14. The van der Waals surface area contributed by atoms with Crippen LogP contribution < -0.4 is 5.32 Å². The summed E-state index contributed by atoms with van der Waals surface area (Å²) >= 11 is 1.76. The van der Waals surface area contributed by atoms with Crippen LogP contribution in [0.3, 0.4) is 0 Å². The van der Waals surface area contributed by atoms with Gasteiger partial charge in [-0.3, -0.25) is 9.89 Å². The van der Waals surface area contributed by atoms with Crippen molar-refractivity contribution in [1.82, 2.24) is 20.1 Å². The first-order valence-corrected chi connectivity index (χ1v) is 13.1. The number of likely N-dealkylation sites (tertiary alicyclic amines) is 1. The zero-order valence-electron chi connectivity index (χ0n) is 18.1. The predicted molar refractivity (Wildman–Crippen MR) is 120 cm³/mol. The summed E-state index contributed by atoms with van der Waals surface area (Å²) in [6, 6.07) is 0. The highest BCUT2D eigenvalue weighted by atomic mass is 32.2. The summed E-state index contributed by atoms with van der Waals surface area (Å²) in [7, 11) is -1.26. The molecule has 2 saturated heterocycles. The van der Waals surface area contributed by atoms with Crippen LogP contribution in [0.15, 0.2) is 10.4 Å². The standard InChI is InChI=1S/C20H35N5O2S2/c1-5-18-23-17(14-28-18)13-24-8-6-16(7-9-24)12-22-19(21-4)25-10-11-29(26,27)20(2,3)15-25/h14,16H,5-13,15H2,1-4H3,(H,21,22). The number of hydrogen-bond acceptors (Lipinski definition) is 6. The molecule has 1 aromatic heterocycles. The Kier molecular flexibility index (Phi) is 7.22. The molecule has 0 amide bonds. The summed E-state index contributed by atoms with van der Waals surface area (Å²) in [6.07, 6.45) is 3.34. The molecule has 2 fully saturated rings. The predicted octanol–water partition coefficient (Wildman–Crippen LogP) is 2.00. The summed E-state index contributed by atoms with van der Waals surface area (Å²) in [4.78, 5) is 13.7. The molecule has 0 saturated carbocycles. The van der Waals surface area contributed by atoms with Crippen molar-refractivity contribution in [2.45, 2.75) is 51.3 Å². The number of nitrogens with one attached hydrogen (secondary N) is 1. The molecular weight excluding hydrogens is 406 g/mol. The van der Waals surface area contributed by atoms with Crippen molar-refractivity contribution >= 4 is 27.1 Å². The summed E-state index contributed by atoms with van der Waals surface area (Å²) in [6.45, 7) is 10.8. The van der Waals surface area contributed by atoms with Crippen molar-refractivity contribution in [1.29, 1.82) is 0 Å². The largest absolute Gasteiger partial charge is 0.356 e. The Morgan fingerprint density at radius 1 is 1.34 bits per heavy atom. The Labute approximate surface area is 179 Å². The van der Waals surface area contributed by atoms with Crippen LogP contribution in [0.1, 0.15) is 44.3 Å². The topological polar surface area (TPSA) is 77.9 Å². The van der Waals surface area contributed by atoms with Crippen LogP contribution in [-0.4, -0.2) is 79.4 Å². The fourth-order valence-corrected chi connectivity index (χ4v) is 6.16. The lowest BCUT2D eigenvalue weighted by Gasteiger charge is -2.39. The maximum absolute atomic E-state index is 12.2. The average molecular weight is 442 g/mol. The van der Waals surface area contributed by atoms with Gasteiger partial charge in [0.2, 0.25) is 0 Å². The fraction of sp³-hybridized carbons (Fsp3) is 0.800. The molecule has 0 atom stereocenters. The van der Waals surface area contributed by atoms with Gasteiger partial charge in [0.25, 0.3) is 0 Å². The van der Waals surface area contributed by atoms with E-state index in [2.05, 4.69) is 37.4 Å². The minimum atomic E-state index is -3.04. The van der Waals surface area contributed by atoms with E-state index >= 15 is 0 Å². The van der Waals surface area contributed by atoms with Gasteiger partial charge in [-0.25, -0.2) is 13.4 Å². The maximum Gasteiger partial charge on any atom is 0.193 e. The molecule has 3 rings (SSSR count). The van der Waals surface area contributed by atoms with E-state index < -0.39 is 14.6 Å². The quantitative estimate of drug-likeness (QED) is 0.556. The Bertz CT molecular complexity index is 811. The van der Waals surface area contributed by atoms with Gasteiger partial charge in [0.15, 0.2) is 15.8 Å². The highest BCUT2D eigenvalue weighted by molar-refractivity contribution is 7.92. The lowest BCUT2D eigenvalue weighted by Crippen LogP contribution is -2.57. The summed E-state index contributed by atoms with van der Waals surface area (Å²) in [5.74, 6) is 1.63. The van der Waals surface area contributed by atoms with Crippen molar-refractivity contribution in [3.05, 3.63) is 16.1 Å². The Morgan fingerprint density at radius 3 is 2.66 bits per heavy atom. The van der Waals surface area contributed by atoms with Crippen LogP contribution in [0.2, 0.25) is 0 Å². The molecule has 0 spiro atoms. The second-order valence-electron chi connectivity index (χ2n) is 8.73. The molecule has 0 radical (unpaired) electrons. The van der Waals surface area contributed by atoms with Crippen molar-refractivity contribution in [2.75, 3.05) is 45.5 Å². The molecule has 0 unspecified atom stereocenters. The second-order valence-corrected chi connectivity index (χ2v) is 12.4. The molecule has 1 N–H and O–H groups in total. The van der Waals surface area contributed by atoms with Gasteiger partial charge in [-0.05, 0) is 52.1 Å². The first-order valence-electron chi connectivity index (χ1n) is 10.6. The molecule has 29 heavy (non-hydrogen) atoms. The number of hydrogen-bond donors (Lipinski definition) is 1. The highest BCUT2D eigenvalue weighted by Gasteiger charge is 2.41. The van der Waals surface area contributed by atoms with Crippen LogP contribution >= 0.6 is 11.3 Å². The first-order chi connectivity index (χ1) is 13.7. The normalized spacial score (nSPS) is 23.3. The number of nitrogens with zero attached hydrogens (tertiary/aromatic N) is 4. The van der Waals surface area contributed by atoms with Gasteiger partial charge in [0.05, 0.1) is 21.2 Å². The van der Waals surface area contributed by atoms with Crippen LogP contribution in [-0.2, 0) is 22.8 Å². The van der Waals surface area contributed by atoms with Gasteiger partial charge in [0, 0.05) is 38.6 Å². The molecule has 164 valence electrons. The van der Waals surface area contributed by atoms with Gasteiger partial charge in [0.1, 0.15) is 0 Å². The van der Waals surface area contributed by atoms with Gasteiger partial charge in [-0.1, -0.05) is 6.92 Å². The minimum absolute atomic E-state index is 0.190. The number of aliphatic imine (C=N–C) groups is 1. The number of thiazole rings is 1. The number of sulfone groups is 1. The zero-order valence-corrected chi connectivity index (χ0v) is 19.8. The molecule has 7 nitrogen and oxygen atoms in total. The van der Waals surface area contributed by atoms with E-state index in [0.29, 0.717) is 19.0 Å². The molecule has 0 aromatic carbocycles. The summed E-state index contributed by atoms with van der Waals surface area (Å²) < 4.78 is 23.8. The second kappa shape index (κ2) is 9.31. The van der Waals surface area contributed by atoms with Crippen molar-refractivity contribution in [3.63, 3.8) is 0 Å². The molecular formula is C20H35N5O2S2. The number of rotatable bonds is 5. The highest BCUT2D eigenvalue weighted by Crippen LogP contribution is 2.24. The van der Waals surface area contributed by atoms with E-state index in [1.165, 1.54) is 10.7 Å². The van der Waals surface area contributed by atoms with Crippen LogP contribution in [0.4, 0.5) is 0 Å². The van der Waals surface area contributed by atoms with Crippen molar-refractivity contribution < 1.29 is 8.42 Å². The van der Waals surface area contributed by atoms with Crippen molar-refractivity contribution in [2.24, 2.45) is 10.9 Å². The first kappa shape index (κ1) is 22.5. The smallest absolute Gasteiger partial charge is 0.193 e. The van der Waals surface area contributed by atoms with Gasteiger partial charge < -0.3 is 10.2 Å². The third-order valence-electron chi connectivity index (χ3n) is 6.10. The van der Waals surface area contributed by atoms with E-state index in [1.54, 1.807) is 18.4 Å². The number of aromatic nitrogens is 1. The van der Waals surface area contributed by atoms with E-state index in [-0.39, 0.29) is 5.75 Å². The van der Waals surface area contributed by atoms with E-state index in [9.17, 15) is 8.42 Å². The molecule has 0 bridgehead atoms. The van der Waals surface area contributed by atoms with Crippen LogP contribution in [0, 0.1) is 5.92 Å². The van der Waals surface area contributed by atoms with E-state index in [4.69, 9.17) is 0 Å². The summed E-state index contributed by atoms with van der Waals surface area (Å²) in [5.41, 5.74) is 1.20. The van der Waals surface area contributed by atoms with Gasteiger partial charge in [-0.2, -0.15) is 0 Å². The Morgan fingerprint density at radius 2 is 2.07 bits per heavy atom. The Balaban J connectivity index is 1.44. The SMILES string of the molecule is CCc1nc(CN2CCC(CNC(=NC)N3CCS(=O)(=O)C(C)(C)C3)CC2)cs1. The van der Waals surface area contributed by atoms with Crippen LogP contribution in [0.5, 0.6) is 0 Å². The van der Waals surface area contributed by atoms with Crippen LogP contribution in [0.25, 0.3) is 0 Å². The molecule has 2 aliphatic rings. The lowest BCUT2D eigenvalue weighted by atomic mass is 9.97. The van der Waals surface area contributed by atoms with Crippen molar-refractivity contribution in [3.8, 4) is 0 Å². The monoisotopic (exact) mass is 441 g/mol. The molecule has 1 aromatic rings. The zero-order chi connectivity index (χ0) is 21.1. The summed E-state index contributed by atoms with van der Waals surface area (Å²) in [5, 5.41) is 6.91. The van der Waals surface area contributed by atoms with E-state index in [0.717, 1.165) is 51.4 Å². The number of guanidine groups is 1. The maximum atomic E-state index is 12.2. The number of aryl methyl sites for hydroxylation is 1. The third-order valence-corrected chi connectivity index (χ3v) is 9.67. The minimum Gasteiger partial charge on any atom is -0.356 e. The molecule has 9 heteroatoms. The fourth-order valence-electron chi connectivity index (χ4n) is 4.05. The molecule has 0 aliphatic carbocycles. The third kappa shape index (κ3) is 5.49. The Hall–Kier alpha value is -1.19. The lowest BCUT2D eigenvalue weighted by molar-refractivity contribution is 0.176. The molecule has 2 aliphatic heterocycles. The number of piperidine rings is 1. The van der Waals surface area contributed by atoms with Gasteiger partial charge in [-0.15, -0.1) is 11.3 Å². The van der Waals surface area contributed by atoms with Gasteiger partial charge >= 0.3 is 0 Å². The molecule has 3 heterocycles. The van der Waals surface area contributed by atoms with E-state index in [1.807, 2.05) is 13.8 Å².